The molecule has 3 N–H and O–H groups in total. The monoisotopic (exact) mass is 240 g/mol. The minimum atomic E-state index is 0.159. The fourth-order valence-electron chi connectivity index (χ4n) is 1.79. The molecular weight excluding hydrogens is 224 g/mol. The number of nitrogens with two attached hydrogens (primary N) is 1. The smallest absolute Gasteiger partial charge is 0.241 e. The number of rotatable bonds is 3. The lowest BCUT2D eigenvalue weighted by Crippen LogP contribution is -2.39. The second-order valence-electron chi connectivity index (χ2n) is 3.91. The first-order chi connectivity index (χ1) is 7.75. The van der Waals surface area contributed by atoms with E-state index in [4.69, 9.17) is 5.73 Å². The van der Waals surface area contributed by atoms with Crippen molar-refractivity contribution in [3.8, 4) is 0 Å². The molecule has 1 aromatic rings. The van der Waals surface area contributed by atoms with Gasteiger partial charge in [0.05, 0.1) is 6.54 Å². The van der Waals surface area contributed by atoms with E-state index in [1.807, 2.05) is 4.90 Å². The third kappa shape index (κ3) is 2.85. The fraction of sp³-hybridized carbons (Fsp3) is 0.600. The summed E-state index contributed by atoms with van der Waals surface area (Å²) in [5.41, 5.74) is 5.49. The summed E-state index contributed by atoms with van der Waals surface area (Å²) in [6.07, 6.45) is 3.49. The summed E-state index contributed by atoms with van der Waals surface area (Å²) in [5.74, 6) is 0.657. The first-order valence-electron chi connectivity index (χ1n) is 5.49. The van der Waals surface area contributed by atoms with Gasteiger partial charge in [0.25, 0.3) is 0 Å². The van der Waals surface area contributed by atoms with Gasteiger partial charge in [-0.2, -0.15) is 4.37 Å². The summed E-state index contributed by atoms with van der Waals surface area (Å²) < 4.78 is 3.94. The van der Waals surface area contributed by atoms with Gasteiger partial charge in [0.1, 0.15) is 10.8 Å². The molecule has 1 fully saturated rings. The zero-order valence-electron chi connectivity index (χ0n) is 9.11. The Bertz CT molecular complexity index is 359. The maximum atomic E-state index is 11.8. The van der Waals surface area contributed by atoms with Crippen molar-refractivity contribution in [2.24, 2.45) is 0 Å². The Labute approximate surface area is 98.8 Å². The van der Waals surface area contributed by atoms with Gasteiger partial charge in [-0.3, -0.25) is 4.79 Å². The predicted molar refractivity (Wildman–Crippen MR) is 65.4 cm³/mol. The Morgan fingerprint density at radius 1 is 1.50 bits per heavy atom. The van der Waals surface area contributed by atoms with E-state index in [2.05, 4.69) is 9.69 Å². The number of piperidine rings is 1. The molecule has 1 saturated heterocycles. The molecule has 0 aromatic carbocycles. The second-order valence-corrected chi connectivity index (χ2v) is 4.72. The van der Waals surface area contributed by atoms with Gasteiger partial charge in [-0.05, 0) is 30.8 Å². The summed E-state index contributed by atoms with van der Waals surface area (Å²) in [5, 5.41) is 3.90. The van der Waals surface area contributed by atoms with Crippen LogP contribution in [-0.4, -0.2) is 34.8 Å². The minimum absolute atomic E-state index is 0.159. The lowest BCUT2D eigenvalue weighted by atomic mass is 10.1. The number of hydrogen-bond acceptors (Lipinski definition) is 5. The van der Waals surface area contributed by atoms with Gasteiger partial charge in [0.2, 0.25) is 5.91 Å². The van der Waals surface area contributed by atoms with Crippen LogP contribution < -0.4 is 11.1 Å². The summed E-state index contributed by atoms with van der Waals surface area (Å²) in [4.78, 5) is 13.7. The van der Waals surface area contributed by atoms with Crippen LogP contribution in [0.4, 0.5) is 10.8 Å². The van der Waals surface area contributed by atoms with Crippen LogP contribution in [0.15, 0.2) is 6.07 Å². The van der Waals surface area contributed by atoms with E-state index in [1.165, 1.54) is 18.0 Å². The SMILES string of the molecule is Nc1cc(NCC(=O)N2CCCCC2)sn1. The molecule has 1 aromatic heterocycles. The van der Waals surface area contributed by atoms with E-state index in [9.17, 15) is 4.79 Å². The Hall–Kier alpha value is -1.30. The molecule has 1 amide bonds. The number of hydrogen-bond donors (Lipinski definition) is 2. The third-order valence-corrected chi connectivity index (χ3v) is 3.41. The van der Waals surface area contributed by atoms with E-state index in [1.54, 1.807) is 6.07 Å². The minimum Gasteiger partial charge on any atom is -0.383 e. The number of nitrogen functional groups attached to an aromatic ring is 1. The molecular formula is C10H16N4OS. The molecule has 88 valence electrons. The largest absolute Gasteiger partial charge is 0.383 e. The number of likely N-dealkylation sites (tertiary alicyclic amines) is 1. The van der Waals surface area contributed by atoms with Crippen molar-refractivity contribution >= 4 is 28.3 Å². The standard InChI is InChI=1S/C10H16N4OS/c11-8-6-9(16-13-8)12-7-10(15)14-4-2-1-3-5-14/h6,12H,1-5,7H2,(H2,11,13). The average Bonchev–Trinajstić information content (AvgIpc) is 2.73. The average molecular weight is 240 g/mol. The van der Waals surface area contributed by atoms with Crippen LogP contribution in [0, 0.1) is 0 Å². The molecule has 2 rings (SSSR count). The van der Waals surface area contributed by atoms with Crippen LogP contribution in [0.25, 0.3) is 0 Å². The zero-order chi connectivity index (χ0) is 11.4. The zero-order valence-corrected chi connectivity index (χ0v) is 9.92. The highest BCUT2D eigenvalue weighted by Gasteiger charge is 2.15. The van der Waals surface area contributed by atoms with Gasteiger partial charge < -0.3 is 16.0 Å². The topological polar surface area (TPSA) is 71.2 Å². The molecule has 5 nitrogen and oxygen atoms in total. The predicted octanol–water partition coefficient (Wildman–Crippen LogP) is 1.15. The van der Waals surface area contributed by atoms with Gasteiger partial charge >= 0.3 is 0 Å². The fourth-order valence-corrected chi connectivity index (χ4v) is 2.36. The van der Waals surface area contributed by atoms with Crippen LogP contribution in [0.3, 0.4) is 0 Å². The number of anilines is 2. The highest BCUT2D eigenvalue weighted by Crippen LogP contribution is 2.17. The normalized spacial score (nSPS) is 16.1. The van der Waals surface area contributed by atoms with Crippen LogP contribution in [0.5, 0.6) is 0 Å². The highest BCUT2D eigenvalue weighted by atomic mass is 32.1. The molecule has 0 atom stereocenters. The molecule has 0 radical (unpaired) electrons. The molecule has 2 heterocycles. The quantitative estimate of drug-likeness (QED) is 0.831. The van der Waals surface area contributed by atoms with Crippen molar-refractivity contribution in [2.45, 2.75) is 19.3 Å². The van der Waals surface area contributed by atoms with E-state index in [-0.39, 0.29) is 5.91 Å². The Balaban J connectivity index is 1.78. The number of amides is 1. The first kappa shape index (κ1) is 11.2. The van der Waals surface area contributed by atoms with Crippen LogP contribution >= 0.6 is 11.5 Å². The molecule has 1 aliphatic heterocycles. The number of aromatic nitrogens is 1. The van der Waals surface area contributed by atoms with Gasteiger partial charge in [-0.1, -0.05) is 0 Å². The van der Waals surface area contributed by atoms with Crippen molar-refractivity contribution in [2.75, 3.05) is 30.7 Å². The van der Waals surface area contributed by atoms with Crippen molar-refractivity contribution < 1.29 is 4.79 Å². The molecule has 16 heavy (non-hydrogen) atoms. The number of nitrogens with one attached hydrogen (secondary N) is 1. The van der Waals surface area contributed by atoms with Crippen LogP contribution in [-0.2, 0) is 4.79 Å². The van der Waals surface area contributed by atoms with E-state index < -0.39 is 0 Å². The van der Waals surface area contributed by atoms with E-state index >= 15 is 0 Å². The van der Waals surface area contributed by atoms with E-state index in [0.29, 0.717) is 12.4 Å². The molecule has 0 unspecified atom stereocenters. The third-order valence-electron chi connectivity index (χ3n) is 2.65. The maximum absolute atomic E-state index is 11.8. The van der Waals surface area contributed by atoms with Gasteiger partial charge in [0.15, 0.2) is 0 Å². The van der Waals surface area contributed by atoms with Gasteiger partial charge in [0, 0.05) is 19.2 Å². The van der Waals surface area contributed by atoms with Gasteiger partial charge in [-0.15, -0.1) is 0 Å². The summed E-state index contributed by atoms with van der Waals surface area (Å²) in [6, 6.07) is 1.74. The number of carbonyl (C=O) groups is 1. The number of nitrogens with zero attached hydrogens (tertiary/aromatic N) is 2. The summed E-state index contributed by atoms with van der Waals surface area (Å²) in [7, 11) is 0. The van der Waals surface area contributed by atoms with Crippen LogP contribution in [0.1, 0.15) is 19.3 Å². The summed E-state index contributed by atoms with van der Waals surface area (Å²) in [6.45, 7) is 2.12. The molecule has 0 aliphatic carbocycles. The Kier molecular flexibility index (Phi) is 3.61. The highest BCUT2D eigenvalue weighted by molar-refractivity contribution is 7.10. The Morgan fingerprint density at radius 3 is 2.88 bits per heavy atom. The van der Waals surface area contributed by atoms with E-state index in [0.717, 1.165) is 30.9 Å². The Morgan fingerprint density at radius 2 is 2.25 bits per heavy atom. The molecule has 6 heteroatoms. The van der Waals surface area contributed by atoms with Crippen molar-refractivity contribution in [3.05, 3.63) is 6.07 Å². The lowest BCUT2D eigenvalue weighted by Gasteiger charge is -2.26. The molecule has 0 bridgehead atoms. The number of carbonyl (C=O) groups excluding carboxylic acids is 1. The lowest BCUT2D eigenvalue weighted by molar-refractivity contribution is -0.130. The van der Waals surface area contributed by atoms with Crippen LogP contribution in [0.2, 0.25) is 0 Å². The van der Waals surface area contributed by atoms with Gasteiger partial charge in [-0.25, -0.2) is 0 Å². The maximum Gasteiger partial charge on any atom is 0.241 e. The molecule has 0 saturated carbocycles. The molecule has 1 aliphatic rings. The first-order valence-corrected chi connectivity index (χ1v) is 6.27. The van der Waals surface area contributed by atoms with Crippen molar-refractivity contribution in [1.82, 2.24) is 9.27 Å². The van der Waals surface area contributed by atoms with Crippen molar-refractivity contribution in [3.63, 3.8) is 0 Å². The van der Waals surface area contributed by atoms with Crippen molar-refractivity contribution in [1.29, 1.82) is 0 Å². The second kappa shape index (κ2) is 5.16. The molecule has 0 spiro atoms. The summed E-state index contributed by atoms with van der Waals surface area (Å²) >= 11 is 1.28.